The van der Waals surface area contributed by atoms with Gasteiger partial charge in [-0.1, -0.05) is 32.4 Å². The van der Waals surface area contributed by atoms with Crippen molar-refractivity contribution in [3.8, 4) is 6.07 Å². The fourth-order valence-electron chi connectivity index (χ4n) is 1.30. The molecule has 1 N–H and O–H groups in total. The molecule has 0 atom stereocenters. The van der Waals surface area contributed by atoms with Gasteiger partial charge in [-0.3, -0.25) is 0 Å². The van der Waals surface area contributed by atoms with Crippen LogP contribution in [-0.2, 0) is 0 Å². The van der Waals surface area contributed by atoms with Gasteiger partial charge in [0, 0.05) is 6.54 Å². The van der Waals surface area contributed by atoms with E-state index in [1.54, 1.807) is 12.1 Å². The molecule has 2 nitrogen and oxygen atoms in total. The van der Waals surface area contributed by atoms with Crippen LogP contribution in [-0.4, -0.2) is 6.54 Å². The second-order valence-corrected chi connectivity index (χ2v) is 5.45. The third kappa shape index (κ3) is 4.12. The zero-order valence-electron chi connectivity index (χ0n) is 9.97. The van der Waals surface area contributed by atoms with Gasteiger partial charge in [0.05, 0.1) is 22.3 Å². The molecule has 1 aromatic carbocycles. The fourth-order valence-corrected chi connectivity index (χ4v) is 1.55. The second-order valence-electron chi connectivity index (χ2n) is 5.04. The molecular weight excluding hydrogens is 220 g/mol. The minimum Gasteiger partial charge on any atom is -0.384 e. The molecule has 0 aromatic heterocycles. The van der Waals surface area contributed by atoms with Crippen molar-refractivity contribution in [3.05, 3.63) is 28.8 Å². The minimum atomic E-state index is 0.312. The number of nitrogens with one attached hydrogen (secondary N) is 1. The van der Waals surface area contributed by atoms with Crippen molar-refractivity contribution < 1.29 is 0 Å². The Kier molecular flexibility index (Phi) is 4.20. The van der Waals surface area contributed by atoms with Gasteiger partial charge in [0.2, 0.25) is 0 Å². The summed E-state index contributed by atoms with van der Waals surface area (Å²) in [7, 11) is 0. The maximum absolute atomic E-state index is 8.71. The predicted octanol–water partition coefficient (Wildman–Crippen LogP) is 4.06. The first-order valence-corrected chi connectivity index (χ1v) is 5.74. The van der Waals surface area contributed by atoms with Crippen molar-refractivity contribution in [3.63, 3.8) is 0 Å². The van der Waals surface area contributed by atoms with Crippen LogP contribution in [0.25, 0.3) is 0 Å². The summed E-state index contributed by atoms with van der Waals surface area (Å²) in [6, 6.07) is 7.36. The summed E-state index contributed by atoms with van der Waals surface area (Å²) in [6.07, 6.45) is 1.07. The zero-order chi connectivity index (χ0) is 12.2. The Labute approximate surface area is 102 Å². The molecule has 0 heterocycles. The lowest BCUT2D eigenvalue weighted by molar-refractivity contribution is 0.390. The van der Waals surface area contributed by atoms with Crippen LogP contribution in [0.2, 0.25) is 5.02 Å². The van der Waals surface area contributed by atoms with E-state index in [2.05, 4.69) is 32.2 Å². The molecule has 0 spiro atoms. The van der Waals surface area contributed by atoms with E-state index >= 15 is 0 Å². The fraction of sp³-hybridized carbons (Fsp3) is 0.462. The molecule has 0 saturated carbocycles. The van der Waals surface area contributed by atoms with Crippen LogP contribution < -0.4 is 5.32 Å². The van der Waals surface area contributed by atoms with E-state index in [0.29, 0.717) is 16.0 Å². The summed E-state index contributed by atoms with van der Waals surface area (Å²) in [5.74, 6) is 0. The van der Waals surface area contributed by atoms with Gasteiger partial charge in [-0.05, 0) is 30.0 Å². The van der Waals surface area contributed by atoms with Gasteiger partial charge in [-0.15, -0.1) is 0 Å². The van der Waals surface area contributed by atoms with Crippen molar-refractivity contribution in [1.29, 1.82) is 5.26 Å². The highest BCUT2D eigenvalue weighted by Gasteiger charge is 2.09. The first-order valence-electron chi connectivity index (χ1n) is 5.36. The van der Waals surface area contributed by atoms with Crippen molar-refractivity contribution >= 4 is 17.3 Å². The SMILES string of the molecule is CC(C)(C)CCNc1ccc(C#N)cc1Cl. The van der Waals surface area contributed by atoms with Crippen LogP contribution >= 0.6 is 11.6 Å². The molecule has 0 aliphatic heterocycles. The van der Waals surface area contributed by atoms with E-state index < -0.39 is 0 Å². The topological polar surface area (TPSA) is 35.8 Å². The zero-order valence-corrected chi connectivity index (χ0v) is 10.7. The summed E-state index contributed by atoms with van der Waals surface area (Å²) in [5, 5.41) is 12.6. The lowest BCUT2D eigenvalue weighted by atomic mass is 9.92. The number of nitriles is 1. The van der Waals surface area contributed by atoms with Crippen LogP contribution in [0.1, 0.15) is 32.8 Å². The van der Waals surface area contributed by atoms with Crippen LogP contribution in [0.15, 0.2) is 18.2 Å². The number of halogens is 1. The van der Waals surface area contributed by atoms with Crippen molar-refractivity contribution in [2.45, 2.75) is 27.2 Å². The molecule has 1 aromatic rings. The molecule has 0 radical (unpaired) electrons. The number of rotatable bonds is 3. The van der Waals surface area contributed by atoms with Gasteiger partial charge in [0.15, 0.2) is 0 Å². The first kappa shape index (κ1) is 12.9. The van der Waals surface area contributed by atoms with E-state index in [9.17, 15) is 0 Å². The molecule has 3 heteroatoms. The summed E-state index contributed by atoms with van der Waals surface area (Å²) in [5.41, 5.74) is 1.79. The van der Waals surface area contributed by atoms with E-state index in [1.165, 1.54) is 0 Å². The van der Waals surface area contributed by atoms with Gasteiger partial charge in [0.25, 0.3) is 0 Å². The van der Waals surface area contributed by atoms with E-state index in [-0.39, 0.29) is 0 Å². The quantitative estimate of drug-likeness (QED) is 0.859. The Morgan fingerprint density at radius 3 is 2.56 bits per heavy atom. The molecule has 86 valence electrons. The largest absolute Gasteiger partial charge is 0.384 e. The standard InChI is InChI=1S/C13H17ClN2/c1-13(2,3)6-7-16-12-5-4-10(9-15)8-11(12)14/h4-5,8,16H,6-7H2,1-3H3. The highest BCUT2D eigenvalue weighted by atomic mass is 35.5. The average molecular weight is 237 g/mol. The average Bonchev–Trinajstić information content (AvgIpc) is 2.18. The van der Waals surface area contributed by atoms with Gasteiger partial charge < -0.3 is 5.32 Å². The summed E-state index contributed by atoms with van der Waals surface area (Å²) in [6.45, 7) is 7.49. The smallest absolute Gasteiger partial charge is 0.0992 e. The van der Waals surface area contributed by atoms with E-state index in [4.69, 9.17) is 16.9 Å². The number of benzene rings is 1. The first-order chi connectivity index (χ1) is 7.42. The van der Waals surface area contributed by atoms with Crippen LogP contribution in [0.4, 0.5) is 5.69 Å². The second kappa shape index (κ2) is 5.23. The van der Waals surface area contributed by atoms with Gasteiger partial charge in [-0.25, -0.2) is 0 Å². The van der Waals surface area contributed by atoms with Crippen molar-refractivity contribution in [2.24, 2.45) is 5.41 Å². The highest BCUT2D eigenvalue weighted by Crippen LogP contribution is 2.24. The number of hydrogen-bond donors (Lipinski definition) is 1. The molecule has 0 fully saturated rings. The normalized spacial score (nSPS) is 10.9. The number of anilines is 1. The number of nitrogens with zero attached hydrogens (tertiary/aromatic N) is 1. The van der Waals surface area contributed by atoms with Crippen molar-refractivity contribution in [2.75, 3.05) is 11.9 Å². The van der Waals surface area contributed by atoms with E-state index in [0.717, 1.165) is 18.7 Å². The molecule has 0 aliphatic carbocycles. The van der Waals surface area contributed by atoms with Crippen LogP contribution in [0.5, 0.6) is 0 Å². The Morgan fingerprint density at radius 2 is 2.06 bits per heavy atom. The molecule has 1 rings (SSSR count). The van der Waals surface area contributed by atoms with Crippen LogP contribution in [0, 0.1) is 16.7 Å². The molecule has 0 unspecified atom stereocenters. The van der Waals surface area contributed by atoms with Gasteiger partial charge in [-0.2, -0.15) is 5.26 Å². The molecule has 0 saturated heterocycles. The van der Waals surface area contributed by atoms with Crippen LogP contribution in [0.3, 0.4) is 0 Å². The number of hydrogen-bond acceptors (Lipinski definition) is 2. The Bertz CT molecular complexity index is 399. The summed E-state index contributed by atoms with van der Waals surface area (Å²) >= 11 is 6.04. The third-order valence-electron chi connectivity index (χ3n) is 2.29. The molecular formula is C13H17ClN2. The van der Waals surface area contributed by atoms with Gasteiger partial charge in [0.1, 0.15) is 0 Å². The minimum absolute atomic E-state index is 0.312. The third-order valence-corrected chi connectivity index (χ3v) is 2.60. The Morgan fingerprint density at radius 1 is 1.38 bits per heavy atom. The maximum atomic E-state index is 8.71. The van der Waals surface area contributed by atoms with E-state index in [1.807, 2.05) is 6.07 Å². The predicted molar refractivity (Wildman–Crippen MR) is 68.7 cm³/mol. The Balaban J connectivity index is 2.59. The van der Waals surface area contributed by atoms with Crippen molar-refractivity contribution in [1.82, 2.24) is 0 Å². The highest BCUT2D eigenvalue weighted by molar-refractivity contribution is 6.33. The van der Waals surface area contributed by atoms with Gasteiger partial charge >= 0.3 is 0 Å². The summed E-state index contributed by atoms with van der Waals surface area (Å²) in [4.78, 5) is 0. The monoisotopic (exact) mass is 236 g/mol. The maximum Gasteiger partial charge on any atom is 0.0992 e. The summed E-state index contributed by atoms with van der Waals surface area (Å²) < 4.78 is 0. The molecule has 16 heavy (non-hydrogen) atoms. The Hall–Kier alpha value is -1.20. The molecule has 0 aliphatic rings. The molecule has 0 bridgehead atoms. The lowest BCUT2D eigenvalue weighted by Gasteiger charge is -2.18. The lowest BCUT2D eigenvalue weighted by Crippen LogP contribution is -2.12. The molecule has 0 amide bonds.